The summed E-state index contributed by atoms with van der Waals surface area (Å²) in [4.78, 5) is 19.3. The molecule has 0 atom stereocenters. The highest BCUT2D eigenvalue weighted by atomic mass is 79.9. The molecule has 3 aromatic rings. The number of aromatic nitrogens is 2. The summed E-state index contributed by atoms with van der Waals surface area (Å²) in [7, 11) is 0. The highest BCUT2D eigenvalue weighted by molar-refractivity contribution is 9.10. The summed E-state index contributed by atoms with van der Waals surface area (Å²) in [5.74, 6) is 0.321. The maximum absolute atomic E-state index is 11.8. The second kappa shape index (κ2) is 5.88. The molecule has 5 nitrogen and oxygen atoms in total. The van der Waals surface area contributed by atoms with Crippen LogP contribution >= 0.6 is 15.9 Å². The van der Waals surface area contributed by atoms with Gasteiger partial charge in [0, 0.05) is 10.0 Å². The van der Waals surface area contributed by atoms with Crippen LogP contribution in [0.3, 0.4) is 0 Å². The van der Waals surface area contributed by atoms with Crippen molar-refractivity contribution in [2.24, 2.45) is 5.10 Å². The lowest BCUT2D eigenvalue weighted by Crippen LogP contribution is -2.17. The van der Waals surface area contributed by atoms with Crippen LogP contribution < -0.4 is 5.43 Å². The molecule has 1 heterocycles. The predicted molar refractivity (Wildman–Crippen MR) is 85.3 cm³/mol. The van der Waals surface area contributed by atoms with Crippen molar-refractivity contribution >= 4 is 39.1 Å². The van der Waals surface area contributed by atoms with E-state index in [4.69, 9.17) is 0 Å². The molecule has 0 aliphatic carbocycles. The van der Waals surface area contributed by atoms with Gasteiger partial charge in [0.15, 0.2) is 5.82 Å². The predicted octanol–water partition coefficient (Wildman–Crippen LogP) is 3.09. The second-order valence-corrected chi connectivity index (χ2v) is 5.26. The van der Waals surface area contributed by atoms with Crippen LogP contribution in [0.4, 0.5) is 0 Å². The van der Waals surface area contributed by atoms with Crippen LogP contribution in [0.5, 0.6) is 0 Å². The number of hydrogen-bond acceptors (Lipinski definition) is 3. The molecule has 1 amide bonds. The van der Waals surface area contributed by atoms with E-state index in [0.29, 0.717) is 11.4 Å². The van der Waals surface area contributed by atoms with Gasteiger partial charge in [0.05, 0.1) is 17.2 Å². The number of aromatic amines is 1. The molecule has 2 aromatic carbocycles. The summed E-state index contributed by atoms with van der Waals surface area (Å²) < 4.78 is 0.921. The first-order valence-electron chi connectivity index (χ1n) is 6.26. The summed E-state index contributed by atoms with van der Waals surface area (Å²) in [6, 6.07) is 14.7. The second-order valence-electron chi connectivity index (χ2n) is 4.35. The molecule has 0 aliphatic rings. The minimum absolute atomic E-state index is 0.269. The molecule has 1 aromatic heterocycles. The topological polar surface area (TPSA) is 70.1 Å². The molecule has 0 fully saturated rings. The maximum atomic E-state index is 11.8. The number of H-pyrrole nitrogens is 1. The van der Waals surface area contributed by atoms with E-state index in [9.17, 15) is 4.79 Å². The SMILES string of the molecule is O=C(N/N=C/c1nc2ccccc2[nH]1)c1ccc(Br)cc1. The number of carbonyl (C=O) groups excluding carboxylic acids is 1. The zero-order valence-electron chi connectivity index (χ0n) is 10.9. The van der Waals surface area contributed by atoms with Crippen LogP contribution in [0.15, 0.2) is 58.1 Å². The first-order chi connectivity index (χ1) is 10.2. The lowest BCUT2D eigenvalue weighted by molar-refractivity contribution is 0.0955. The van der Waals surface area contributed by atoms with E-state index >= 15 is 0 Å². The Morgan fingerprint density at radius 2 is 1.95 bits per heavy atom. The fourth-order valence-electron chi connectivity index (χ4n) is 1.85. The van der Waals surface area contributed by atoms with Crippen molar-refractivity contribution in [3.8, 4) is 0 Å². The van der Waals surface area contributed by atoms with Crippen molar-refractivity contribution < 1.29 is 4.79 Å². The minimum Gasteiger partial charge on any atom is -0.337 e. The van der Waals surface area contributed by atoms with Gasteiger partial charge < -0.3 is 4.98 Å². The molecule has 0 saturated carbocycles. The Kier molecular flexibility index (Phi) is 3.79. The fourth-order valence-corrected chi connectivity index (χ4v) is 2.12. The van der Waals surface area contributed by atoms with Gasteiger partial charge in [0.25, 0.3) is 5.91 Å². The monoisotopic (exact) mass is 342 g/mol. The molecular formula is C15H11BrN4O. The van der Waals surface area contributed by atoms with Crippen LogP contribution in [0, 0.1) is 0 Å². The lowest BCUT2D eigenvalue weighted by Gasteiger charge is -1.99. The van der Waals surface area contributed by atoms with E-state index < -0.39 is 0 Å². The van der Waals surface area contributed by atoms with Crippen LogP contribution in [0.1, 0.15) is 16.2 Å². The van der Waals surface area contributed by atoms with Crippen molar-refractivity contribution in [1.29, 1.82) is 0 Å². The summed E-state index contributed by atoms with van der Waals surface area (Å²) in [6.07, 6.45) is 1.48. The number of halogens is 1. The van der Waals surface area contributed by atoms with Gasteiger partial charge in [-0.1, -0.05) is 28.1 Å². The number of nitrogens with one attached hydrogen (secondary N) is 2. The first-order valence-corrected chi connectivity index (χ1v) is 7.05. The quantitative estimate of drug-likeness (QED) is 0.567. The van der Waals surface area contributed by atoms with E-state index in [2.05, 4.69) is 36.4 Å². The van der Waals surface area contributed by atoms with E-state index in [0.717, 1.165) is 15.5 Å². The van der Waals surface area contributed by atoms with E-state index in [1.54, 1.807) is 24.3 Å². The molecule has 0 unspecified atom stereocenters. The molecule has 6 heteroatoms. The van der Waals surface area contributed by atoms with Gasteiger partial charge in [-0.15, -0.1) is 0 Å². The normalized spacial score (nSPS) is 11.1. The maximum Gasteiger partial charge on any atom is 0.271 e. The molecule has 0 bridgehead atoms. The zero-order valence-corrected chi connectivity index (χ0v) is 12.5. The van der Waals surface area contributed by atoms with Gasteiger partial charge in [-0.05, 0) is 36.4 Å². The number of hydrazone groups is 1. The lowest BCUT2D eigenvalue weighted by atomic mass is 10.2. The van der Waals surface area contributed by atoms with Crippen LogP contribution in [-0.2, 0) is 0 Å². The van der Waals surface area contributed by atoms with Gasteiger partial charge in [0.1, 0.15) is 0 Å². The number of hydrogen-bond donors (Lipinski definition) is 2. The highest BCUT2D eigenvalue weighted by Gasteiger charge is 2.03. The van der Waals surface area contributed by atoms with E-state index in [1.165, 1.54) is 6.21 Å². The number of para-hydroxylation sites is 2. The Hall–Kier alpha value is -2.47. The molecular weight excluding hydrogens is 332 g/mol. The number of carbonyl (C=O) groups is 1. The Labute approximate surface area is 129 Å². The van der Waals surface area contributed by atoms with E-state index in [-0.39, 0.29) is 5.91 Å². The molecule has 2 N–H and O–H groups in total. The number of benzene rings is 2. The van der Waals surface area contributed by atoms with Crippen molar-refractivity contribution in [2.75, 3.05) is 0 Å². The van der Waals surface area contributed by atoms with Crippen molar-refractivity contribution in [3.63, 3.8) is 0 Å². The molecule has 0 aliphatic heterocycles. The smallest absolute Gasteiger partial charge is 0.271 e. The van der Waals surface area contributed by atoms with Crippen LogP contribution in [0.2, 0.25) is 0 Å². The number of rotatable bonds is 3. The summed E-state index contributed by atoms with van der Waals surface area (Å²) >= 11 is 3.32. The van der Waals surface area contributed by atoms with Gasteiger partial charge in [0.2, 0.25) is 0 Å². The third-order valence-electron chi connectivity index (χ3n) is 2.87. The number of nitrogens with zero attached hydrogens (tertiary/aromatic N) is 2. The van der Waals surface area contributed by atoms with E-state index in [1.807, 2.05) is 24.3 Å². The Morgan fingerprint density at radius 3 is 2.71 bits per heavy atom. The Balaban J connectivity index is 1.69. The zero-order chi connectivity index (χ0) is 14.7. The largest absolute Gasteiger partial charge is 0.337 e. The number of imidazole rings is 1. The molecule has 0 spiro atoms. The van der Waals surface area contributed by atoms with Crippen molar-refractivity contribution in [2.45, 2.75) is 0 Å². The summed E-state index contributed by atoms with van der Waals surface area (Å²) in [5, 5.41) is 3.91. The highest BCUT2D eigenvalue weighted by Crippen LogP contribution is 2.10. The number of fused-ring (bicyclic) bond motifs is 1. The Morgan fingerprint density at radius 1 is 1.19 bits per heavy atom. The molecule has 3 rings (SSSR count). The standard InChI is InChI=1S/C15H11BrN4O/c16-11-7-5-10(6-8-11)15(21)20-17-9-14-18-12-3-1-2-4-13(12)19-14/h1-9H,(H,18,19)(H,20,21)/b17-9+. The third-order valence-corrected chi connectivity index (χ3v) is 3.40. The van der Waals surface area contributed by atoms with Crippen LogP contribution in [-0.4, -0.2) is 22.1 Å². The Bertz CT molecular complexity index is 775. The van der Waals surface area contributed by atoms with Gasteiger partial charge in [-0.3, -0.25) is 4.79 Å². The van der Waals surface area contributed by atoms with Gasteiger partial charge in [-0.2, -0.15) is 5.10 Å². The fraction of sp³-hybridized carbons (Fsp3) is 0. The van der Waals surface area contributed by atoms with Gasteiger partial charge >= 0.3 is 0 Å². The summed E-state index contributed by atoms with van der Waals surface area (Å²) in [6.45, 7) is 0. The average molecular weight is 343 g/mol. The molecule has 21 heavy (non-hydrogen) atoms. The minimum atomic E-state index is -0.269. The third kappa shape index (κ3) is 3.17. The molecule has 104 valence electrons. The number of amides is 1. The molecule has 0 radical (unpaired) electrons. The van der Waals surface area contributed by atoms with Crippen LogP contribution in [0.25, 0.3) is 11.0 Å². The average Bonchev–Trinajstić information content (AvgIpc) is 2.90. The van der Waals surface area contributed by atoms with Crippen molar-refractivity contribution in [1.82, 2.24) is 15.4 Å². The van der Waals surface area contributed by atoms with Crippen molar-refractivity contribution in [3.05, 3.63) is 64.4 Å². The summed E-state index contributed by atoms with van der Waals surface area (Å²) in [5.41, 5.74) is 4.80. The first kappa shape index (κ1) is 13.5. The molecule has 0 saturated heterocycles. The van der Waals surface area contributed by atoms with Gasteiger partial charge in [-0.25, -0.2) is 10.4 Å².